The highest BCUT2D eigenvalue weighted by molar-refractivity contribution is 7.92. The second-order valence-corrected chi connectivity index (χ2v) is 11.0. The third kappa shape index (κ3) is 9.24. The number of unbranched alkanes of at least 4 members (excludes halogenated alkanes) is 1. The van der Waals surface area contributed by atoms with Crippen LogP contribution in [-0.4, -0.2) is 64.7 Å². The van der Waals surface area contributed by atoms with E-state index in [-0.39, 0.29) is 31.3 Å². The van der Waals surface area contributed by atoms with Gasteiger partial charge in [0.2, 0.25) is 21.8 Å². The molecule has 2 aromatic carbocycles. The lowest BCUT2D eigenvalue weighted by molar-refractivity contribution is -0.141. The maximum absolute atomic E-state index is 13.5. The summed E-state index contributed by atoms with van der Waals surface area (Å²) in [7, 11) is -0.437. The van der Waals surface area contributed by atoms with E-state index in [1.807, 2.05) is 31.2 Å². The van der Waals surface area contributed by atoms with Gasteiger partial charge in [-0.3, -0.25) is 13.9 Å². The second-order valence-electron chi connectivity index (χ2n) is 9.08. The SMILES string of the molecule is CCCCNC(=O)[C@H](CC)N(Cc1ccc(OC)cc1)C(=O)CCCN(c1ccc(OC)cc1)S(C)(=O)=O. The van der Waals surface area contributed by atoms with Crippen molar-refractivity contribution >= 4 is 27.5 Å². The molecule has 0 heterocycles. The van der Waals surface area contributed by atoms with Crippen LogP contribution in [0.2, 0.25) is 0 Å². The monoisotopic (exact) mass is 547 g/mol. The minimum absolute atomic E-state index is 0.0943. The number of rotatable bonds is 16. The van der Waals surface area contributed by atoms with Crippen LogP contribution in [0.1, 0.15) is 51.5 Å². The lowest BCUT2D eigenvalue weighted by Gasteiger charge is -2.31. The first-order valence-corrected chi connectivity index (χ1v) is 14.8. The maximum atomic E-state index is 13.5. The smallest absolute Gasteiger partial charge is 0.242 e. The number of amides is 2. The summed E-state index contributed by atoms with van der Waals surface area (Å²) in [6.45, 7) is 4.88. The molecular formula is C28H41N3O6S. The van der Waals surface area contributed by atoms with Gasteiger partial charge in [0, 0.05) is 26.1 Å². The average Bonchev–Trinajstić information content (AvgIpc) is 2.90. The van der Waals surface area contributed by atoms with E-state index < -0.39 is 16.1 Å². The molecule has 0 aliphatic rings. The van der Waals surface area contributed by atoms with Gasteiger partial charge in [-0.2, -0.15) is 0 Å². The zero-order chi connectivity index (χ0) is 28.1. The van der Waals surface area contributed by atoms with Crippen LogP contribution in [0.15, 0.2) is 48.5 Å². The Balaban J connectivity index is 2.19. The Morgan fingerprint density at radius 2 is 1.50 bits per heavy atom. The minimum Gasteiger partial charge on any atom is -0.497 e. The van der Waals surface area contributed by atoms with Crippen LogP contribution >= 0.6 is 0 Å². The topological polar surface area (TPSA) is 105 Å². The van der Waals surface area contributed by atoms with E-state index in [1.165, 1.54) is 4.31 Å². The Kier molecular flexibility index (Phi) is 12.4. The number of benzene rings is 2. The molecule has 2 rings (SSSR count). The highest BCUT2D eigenvalue weighted by Gasteiger charge is 2.28. The molecule has 9 nitrogen and oxygen atoms in total. The summed E-state index contributed by atoms with van der Waals surface area (Å²) in [4.78, 5) is 28.1. The number of carbonyl (C=O) groups excluding carboxylic acids is 2. The lowest BCUT2D eigenvalue weighted by atomic mass is 10.1. The summed E-state index contributed by atoms with van der Waals surface area (Å²) >= 11 is 0. The first-order valence-electron chi connectivity index (χ1n) is 13.0. The minimum atomic E-state index is -3.57. The summed E-state index contributed by atoms with van der Waals surface area (Å²) < 4.78 is 36.7. The molecular weight excluding hydrogens is 506 g/mol. The third-order valence-corrected chi connectivity index (χ3v) is 7.43. The van der Waals surface area contributed by atoms with E-state index in [0.29, 0.717) is 36.6 Å². The van der Waals surface area contributed by atoms with Crippen LogP contribution in [-0.2, 0) is 26.2 Å². The van der Waals surface area contributed by atoms with Crippen LogP contribution in [0.4, 0.5) is 5.69 Å². The molecule has 0 aromatic heterocycles. The van der Waals surface area contributed by atoms with Crippen molar-refractivity contribution in [1.29, 1.82) is 0 Å². The number of ether oxygens (including phenoxy) is 2. The van der Waals surface area contributed by atoms with Crippen LogP contribution < -0.4 is 19.1 Å². The molecule has 0 saturated carbocycles. The zero-order valence-corrected chi connectivity index (χ0v) is 23.9. The Morgan fingerprint density at radius 1 is 0.921 bits per heavy atom. The Bertz CT molecular complexity index is 1120. The van der Waals surface area contributed by atoms with Crippen molar-refractivity contribution < 1.29 is 27.5 Å². The van der Waals surface area contributed by atoms with Gasteiger partial charge in [-0.05, 0) is 61.2 Å². The summed E-state index contributed by atoms with van der Waals surface area (Å²) in [5.74, 6) is 0.935. The second kappa shape index (κ2) is 15.2. The highest BCUT2D eigenvalue weighted by Crippen LogP contribution is 2.23. The maximum Gasteiger partial charge on any atom is 0.242 e. The fourth-order valence-corrected chi connectivity index (χ4v) is 5.07. The van der Waals surface area contributed by atoms with Crippen LogP contribution in [0.25, 0.3) is 0 Å². The predicted molar refractivity (Wildman–Crippen MR) is 150 cm³/mol. The number of hydrogen-bond donors (Lipinski definition) is 1. The van der Waals surface area contributed by atoms with Crippen molar-refractivity contribution in [2.75, 3.05) is 37.9 Å². The normalized spacial score (nSPS) is 11.9. The summed E-state index contributed by atoms with van der Waals surface area (Å²) in [5, 5.41) is 2.95. The molecule has 38 heavy (non-hydrogen) atoms. The quantitative estimate of drug-likeness (QED) is 0.319. The van der Waals surface area contributed by atoms with Gasteiger partial charge >= 0.3 is 0 Å². The number of methoxy groups -OCH3 is 2. The molecule has 0 aliphatic carbocycles. The van der Waals surface area contributed by atoms with E-state index in [2.05, 4.69) is 12.2 Å². The van der Waals surface area contributed by atoms with E-state index in [1.54, 1.807) is 43.4 Å². The van der Waals surface area contributed by atoms with Crippen molar-refractivity contribution in [3.8, 4) is 11.5 Å². The lowest BCUT2D eigenvalue weighted by Crippen LogP contribution is -2.49. The number of hydrogen-bond acceptors (Lipinski definition) is 6. The molecule has 0 bridgehead atoms. The fourth-order valence-electron chi connectivity index (χ4n) is 4.11. The number of nitrogens with one attached hydrogen (secondary N) is 1. The summed E-state index contributed by atoms with van der Waals surface area (Å²) in [6.07, 6.45) is 3.81. The van der Waals surface area contributed by atoms with Crippen molar-refractivity contribution in [3.05, 3.63) is 54.1 Å². The molecule has 0 saturated heterocycles. The van der Waals surface area contributed by atoms with Crippen LogP contribution in [0, 0.1) is 0 Å². The standard InChI is InChI=1S/C28H41N3O6S/c1-6-8-19-29-28(33)26(7-2)30(21-22-11-15-24(36-3)16-12-22)27(32)10-9-20-31(38(5,34)35)23-13-17-25(37-4)18-14-23/h11-18,26H,6-10,19-21H2,1-5H3,(H,29,33)/t26-/m0/s1. The molecule has 2 aromatic rings. The van der Waals surface area contributed by atoms with Crippen molar-refractivity contribution in [1.82, 2.24) is 10.2 Å². The van der Waals surface area contributed by atoms with Gasteiger partial charge in [0.25, 0.3) is 0 Å². The largest absolute Gasteiger partial charge is 0.497 e. The van der Waals surface area contributed by atoms with Crippen molar-refractivity contribution in [2.45, 2.75) is 58.5 Å². The molecule has 0 unspecified atom stereocenters. The van der Waals surface area contributed by atoms with Gasteiger partial charge in [-0.1, -0.05) is 32.4 Å². The highest BCUT2D eigenvalue weighted by atomic mass is 32.2. The van der Waals surface area contributed by atoms with E-state index >= 15 is 0 Å². The molecule has 0 spiro atoms. The Hall–Kier alpha value is -3.27. The number of nitrogens with zero attached hydrogens (tertiary/aromatic N) is 2. The van der Waals surface area contributed by atoms with Gasteiger partial charge in [0.05, 0.1) is 26.2 Å². The average molecular weight is 548 g/mol. The number of sulfonamides is 1. The van der Waals surface area contributed by atoms with E-state index in [4.69, 9.17) is 9.47 Å². The predicted octanol–water partition coefficient (Wildman–Crippen LogP) is 3.97. The number of anilines is 1. The molecule has 2 amide bonds. The summed E-state index contributed by atoms with van der Waals surface area (Å²) in [6, 6.07) is 13.5. The molecule has 0 radical (unpaired) electrons. The van der Waals surface area contributed by atoms with Crippen molar-refractivity contribution in [2.24, 2.45) is 0 Å². The molecule has 1 N–H and O–H groups in total. The molecule has 0 aliphatic heterocycles. The van der Waals surface area contributed by atoms with Crippen molar-refractivity contribution in [3.63, 3.8) is 0 Å². The van der Waals surface area contributed by atoms with Gasteiger partial charge in [0.1, 0.15) is 17.5 Å². The first-order chi connectivity index (χ1) is 18.1. The van der Waals surface area contributed by atoms with E-state index in [0.717, 1.165) is 24.7 Å². The van der Waals surface area contributed by atoms with Crippen LogP contribution in [0.3, 0.4) is 0 Å². The zero-order valence-electron chi connectivity index (χ0n) is 23.1. The Morgan fingerprint density at radius 3 is 2.00 bits per heavy atom. The first kappa shape index (κ1) is 31.0. The molecule has 1 atom stereocenters. The van der Waals surface area contributed by atoms with Gasteiger partial charge in [-0.15, -0.1) is 0 Å². The molecule has 0 fully saturated rings. The fraction of sp³-hybridized carbons (Fsp3) is 0.500. The van der Waals surface area contributed by atoms with E-state index in [9.17, 15) is 18.0 Å². The summed E-state index contributed by atoms with van der Waals surface area (Å²) in [5.41, 5.74) is 1.37. The van der Waals surface area contributed by atoms with Gasteiger partial charge in [-0.25, -0.2) is 8.42 Å². The molecule has 210 valence electrons. The van der Waals surface area contributed by atoms with Gasteiger partial charge in [0.15, 0.2) is 0 Å². The Labute approximate surface area is 227 Å². The van der Waals surface area contributed by atoms with Gasteiger partial charge < -0.3 is 19.7 Å². The third-order valence-electron chi connectivity index (χ3n) is 6.24. The number of carbonyl (C=O) groups is 2. The van der Waals surface area contributed by atoms with Crippen LogP contribution in [0.5, 0.6) is 11.5 Å². The molecule has 10 heteroatoms.